The number of aliphatic hydroxyl groups excluding tert-OH is 2. The number of hydrogen-bond acceptors (Lipinski definition) is 8. The molecular formula is C62H90N4O8+2. The molecule has 6 N–H and O–H groups in total. The van der Waals surface area contributed by atoms with Crippen LogP contribution in [0.3, 0.4) is 0 Å². The second kappa shape index (κ2) is 23.8. The Morgan fingerprint density at radius 1 is 0.446 bits per heavy atom. The summed E-state index contributed by atoms with van der Waals surface area (Å²) in [4.78, 5) is 11.2. The van der Waals surface area contributed by atoms with Crippen molar-refractivity contribution in [2.24, 2.45) is 0 Å². The number of nitrogens with one attached hydrogen (secondary N) is 2. The summed E-state index contributed by atoms with van der Waals surface area (Å²) in [5.74, 6) is 1.75. The third kappa shape index (κ3) is 15.0. The Morgan fingerprint density at radius 3 is 0.959 bits per heavy atom. The Hall–Kier alpha value is -5.14. The van der Waals surface area contributed by atoms with E-state index in [2.05, 4.69) is 151 Å². The number of phenols is 2. The summed E-state index contributed by atoms with van der Waals surface area (Å²) in [5, 5.41) is 48.1. The lowest BCUT2D eigenvalue weighted by molar-refractivity contribution is -0.469. The van der Waals surface area contributed by atoms with Crippen molar-refractivity contribution < 1.29 is 49.4 Å². The van der Waals surface area contributed by atoms with E-state index in [4.69, 9.17) is 18.9 Å². The molecule has 0 atom stereocenters. The van der Waals surface area contributed by atoms with Crippen molar-refractivity contribution in [2.75, 3.05) is 92.0 Å². The molecule has 4 aromatic rings. The number of hydrogen-bond donors (Lipinski definition) is 6. The van der Waals surface area contributed by atoms with Crippen LogP contribution in [-0.2, 0) is 56.8 Å². The van der Waals surface area contributed by atoms with Crippen LogP contribution in [0.15, 0.2) is 48.5 Å². The summed E-state index contributed by atoms with van der Waals surface area (Å²) in [6.07, 6.45) is 3.11. The van der Waals surface area contributed by atoms with Crippen LogP contribution in [0.1, 0.15) is 163 Å². The number of fused-ring (bicyclic) bond motifs is 8. The van der Waals surface area contributed by atoms with Crippen LogP contribution in [0, 0.1) is 0 Å². The van der Waals surface area contributed by atoms with E-state index in [1.54, 1.807) is 0 Å². The Labute approximate surface area is 442 Å². The van der Waals surface area contributed by atoms with Gasteiger partial charge in [-0.05, 0) is 88.4 Å². The van der Waals surface area contributed by atoms with E-state index in [9.17, 15) is 20.4 Å². The number of morpholine rings is 2. The minimum Gasteiger partial charge on any atom is -0.507 e. The molecule has 2 aliphatic heterocycles. The monoisotopic (exact) mass is 1020 g/mol. The Morgan fingerprint density at radius 2 is 0.703 bits per heavy atom. The molecule has 0 unspecified atom stereocenters. The molecule has 2 saturated heterocycles. The fraction of sp³-hybridized carbons (Fsp3) is 0.581. The minimum atomic E-state index is -0.263. The predicted molar refractivity (Wildman–Crippen MR) is 297 cm³/mol. The van der Waals surface area contributed by atoms with Crippen molar-refractivity contribution in [3.63, 3.8) is 0 Å². The predicted octanol–water partition coefficient (Wildman–Crippen LogP) is 7.24. The Kier molecular flexibility index (Phi) is 18.2. The van der Waals surface area contributed by atoms with Crippen molar-refractivity contribution in [3.8, 4) is 23.0 Å². The first-order valence-electron chi connectivity index (χ1n) is 27.3. The topological polar surface area (TPSA) is 152 Å². The van der Waals surface area contributed by atoms with E-state index in [0.717, 1.165) is 145 Å². The van der Waals surface area contributed by atoms with Gasteiger partial charge in [-0.3, -0.25) is 9.80 Å². The molecule has 0 aromatic heterocycles. The number of nitrogens with zero attached hydrogens (tertiary/aromatic N) is 2. The molecule has 404 valence electrons. The summed E-state index contributed by atoms with van der Waals surface area (Å²) < 4.78 is 24.7. The van der Waals surface area contributed by atoms with Gasteiger partial charge in [-0.15, -0.1) is 0 Å². The SMILES string of the molecule is CC(C)(C)c1cc2c(O)c(c1)Cc1cc(C(C)(C)C)cc(c1OCC(O)=[NH+]CCCN1CCOCC1)Cc1cc(C(C)(C)C)cc(c1O)Cc1cc(C(C)(C)C)cc(c1OCC(O)=[NH+]CCCN1CCOCC1)C2. The summed E-state index contributed by atoms with van der Waals surface area (Å²) in [6.45, 7) is 35.9. The second-order valence-corrected chi connectivity index (χ2v) is 25.2. The number of aliphatic hydroxyl groups is 2. The van der Waals surface area contributed by atoms with Gasteiger partial charge < -0.3 is 39.4 Å². The number of ether oxygens (including phenoxy) is 4. The Bertz CT molecular complexity index is 2350. The summed E-state index contributed by atoms with van der Waals surface area (Å²) >= 11 is 0. The number of aromatic hydroxyl groups is 2. The first-order chi connectivity index (χ1) is 34.8. The molecule has 8 bridgehead atoms. The molecule has 0 spiro atoms. The van der Waals surface area contributed by atoms with Crippen LogP contribution < -0.4 is 19.5 Å². The van der Waals surface area contributed by atoms with Crippen molar-refractivity contribution >= 4 is 11.8 Å². The maximum atomic E-state index is 12.7. The van der Waals surface area contributed by atoms with E-state index >= 15 is 0 Å². The quantitative estimate of drug-likeness (QED) is 0.0382. The van der Waals surface area contributed by atoms with Crippen LogP contribution >= 0.6 is 0 Å². The zero-order valence-electron chi connectivity index (χ0n) is 47.1. The van der Waals surface area contributed by atoms with Crippen LogP contribution in [0.5, 0.6) is 23.0 Å². The third-order valence-electron chi connectivity index (χ3n) is 14.9. The molecule has 3 aliphatic rings. The van der Waals surface area contributed by atoms with Crippen molar-refractivity contribution in [2.45, 2.75) is 143 Å². The summed E-state index contributed by atoms with van der Waals surface area (Å²) in [5.41, 5.74) is 9.89. The molecule has 1 aliphatic carbocycles. The molecule has 7 rings (SSSR count). The fourth-order valence-corrected chi connectivity index (χ4v) is 10.1. The number of phenolic OH excluding ortho intramolecular Hbond substituents is 2. The average Bonchev–Trinajstić information content (AvgIpc) is 3.32. The van der Waals surface area contributed by atoms with E-state index in [-0.39, 0.29) is 58.2 Å². The van der Waals surface area contributed by atoms with Gasteiger partial charge in [0.25, 0.3) is 0 Å². The Balaban J connectivity index is 1.38. The largest absolute Gasteiger partial charge is 0.507 e. The standard InChI is InChI=1S/C62H88N4O8/c1-59(2,3)49-31-41-27-45-35-51(61(7,8)9)37-47(57(45)73-39-53(67)63-15-13-17-65-19-23-71-24-20-65)29-43-33-50(60(4,5)6)34-44(56(43)70)30-48-38-52(62(10,11)12)36-46(28-42(32-49)55(41)69)58(48)74-40-54(68)64-16-14-18-66-21-25-72-26-22-66/h31-38,69-70H,13-30,39-40H2,1-12H3,(H,63,67)(H,64,68)/p+2. The molecular weight excluding hydrogens is 929 g/mol. The van der Waals surface area contributed by atoms with Crippen molar-refractivity contribution in [1.82, 2.24) is 9.80 Å². The van der Waals surface area contributed by atoms with Crippen LogP contribution in [0.25, 0.3) is 0 Å². The molecule has 0 saturated carbocycles. The zero-order valence-corrected chi connectivity index (χ0v) is 47.1. The molecule has 12 heteroatoms. The fourth-order valence-electron chi connectivity index (χ4n) is 10.1. The lowest BCUT2D eigenvalue weighted by atomic mass is 9.79. The lowest BCUT2D eigenvalue weighted by Gasteiger charge is -2.28. The second-order valence-electron chi connectivity index (χ2n) is 25.2. The van der Waals surface area contributed by atoms with Gasteiger partial charge in [-0.25, -0.2) is 9.98 Å². The van der Waals surface area contributed by atoms with Crippen molar-refractivity contribution in [3.05, 3.63) is 115 Å². The van der Waals surface area contributed by atoms with Gasteiger partial charge in [0.2, 0.25) is 13.2 Å². The van der Waals surface area contributed by atoms with Gasteiger partial charge in [0.15, 0.2) is 0 Å². The number of benzene rings is 4. The highest BCUT2D eigenvalue weighted by Gasteiger charge is 2.29. The van der Waals surface area contributed by atoms with Gasteiger partial charge in [-0.1, -0.05) is 132 Å². The minimum absolute atomic E-state index is 0.0462. The smallest absolute Gasteiger partial charge is 0.371 e. The highest BCUT2D eigenvalue weighted by molar-refractivity contribution is 5.70. The zero-order chi connectivity index (χ0) is 53.6. The van der Waals surface area contributed by atoms with E-state index in [1.807, 2.05) is 0 Å². The van der Waals surface area contributed by atoms with E-state index in [1.165, 1.54) is 0 Å². The third-order valence-corrected chi connectivity index (χ3v) is 14.9. The van der Waals surface area contributed by atoms with Crippen LogP contribution in [0.4, 0.5) is 0 Å². The maximum absolute atomic E-state index is 12.7. The molecule has 12 nitrogen and oxygen atoms in total. The molecule has 74 heavy (non-hydrogen) atoms. The summed E-state index contributed by atoms with van der Waals surface area (Å²) in [6, 6.07) is 17.3. The van der Waals surface area contributed by atoms with Crippen LogP contribution in [-0.4, -0.2) is 134 Å². The van der Waals surface area contributed by atoms with Gasteiger partial charge in [-0.2, -0.15) is 0 Å². The van der Waals surface area contributed by atoms with Crippen LogP contribution in [0.2, 0.25) is 0 Å². The molecule has 2 fully saturated rings. The maximum Gasteiger partial charge on any atom is 0.371 e. The van der Waals surface area contributed by atoms with Gasteiger partial charge in [0.05, 0.1) is 26.4 Å². The van der Waals surface area contributed by atoms with E-state index < -0.39 is 0 Å². The molecule has 0 radical (unpaired) electrons. The molecule has 4 aromatic carbocycles. The average molecular weight is 1020 g/mol. The van der Waals surface area contributed by atoms with Gasteiger partial charge in [0.1, 0.15) is 36.1 Å². The van der Waals surface area contributed by atoms with Gasteiger partial charge >= 0.3 is 11.8 Å². The summed E-state index contributed by atoms with van der Waals surface area (Å²) in [7, 11) is 0. The number of rotatable bonds is 14. The molecule has 2 heterocycles. The van der Waals surface area contributed by atoms with E-state index in [0.29, 0.717) is 50.3 Å². The first kappa shape index (κ1) is 56.6. The van der Waals surface area contributed by atoms with Crippen molar-refractivity contribution in [1.29, 1.82) is 0 Å². The molecule has 0 amide bonds. The van der Waals surface area contributed by atoms with Gasteiger partial charge in [0, 0.05) is 77.8 Å². The highest BCUT2D eigenvalue weighted by atomic mass is 16.5. The lowest BCUT2D eigenvalue weighted by Crippen LogP contribution is -2.74. The highest BCUT2D eigenvalue weighted by Crippen LogP contribution is 2.44. The normalized spacial score (nSPS) is 16.9. The first-order valence-corrected chi connectivity index (χ1v) is 27.3.